The Bertz CT molecular complexity index is 1090. The molecule has 2 heterocycles. The fraction of sp³-hybridized carbons (Fsp3) is 0.385. The van der Waals surface area contributed by atoms with E-state index in [-0.39, 0.29) is 5.91 Å². The lowest BCUT2D eigenvalue weighted by Crippen LogP contribution is -2.45. The van der Waals surface area contributed by atoms with Crippen molar-refractivity contribution in [2.75, 3.05) is 32.8 Å². The van der Waals surface area contributed by atoms with E-state index in [0.29, 0.717) is 36.9 Å². The largest absolute Gasteiger partial charge is 0.387 e. The number of nitrogens with zero attached hydrogens (tertiary/aromatic N) is 3. The maximum absolute atomic E-state index is 13.1. The minimum absolute atomic E-state index is 0.161. The van der Waals surface area contributed by atoms with Crippen LogP contribution in [0.5, 0.6) is 0 Å². The van der Waals surface area contributed by atoms with Crippen LogP contribution in [0.25, 0.3) is 17.2 Å². The highest BCUT2D eigenvalue weighted by molar-refractivity contribution is 7.97. The summed E-state index contributed by atoms with van der Waals surface area (Å²) >= 11 is 1.77. The number of amidine groups is 1. The van der Waals surface area contributed by atoms with E-state index in [1.165, 1.54) is 9.96 Å². The average molecular weight is 480 g/mol. The van der Waals surface area contributed by atoms with Crippen molar-refractivity contribution in [2.45, 2.75) is 31.6 Å². The van der Waals surface area contributed by atoms with Gasteiger partial charge in [0.1, 0.15) is 5.84 Å². The Labute approximate surface area is 205 Å². The van der Waals surface area contributed by atoms with E-state index in [0.717, 1.165) is 48.4 Å². The SMILES string of the molecule is CCCN(OCC)C(=O)C1=Cc2ccc(-c3cccc(SN4CC(CN)C4)c3)cc2N=C(N)C1. The first kappa shape index (κ1) is 24.5. The van der Waals surface area contributed by atoms with Crippen molar-refractivity contribution in [3.05, 3.63) is 53.6 Å². The number of amides is 1. The van der Waals surface area contributed by atoms with Crippen LogP contribution in [0.15, 0.2) is 57.9 Å². The number of rotatable bonds is 9. The molecule has 0 atom stereocenters. The van der Waals surface area contributed by atoms with Gasteiger partial charge in [-0.2, -0.15) is 0 Å². The monoisotopic (exact) mass is 479 g/mol. The highest BCUT2D eigenvalue weighted by Crippen LogP contribution is 2.35. The Kier molecular flexibility index (Phi) is 8.05. The van der Waals surface area contributed by atoms with Gasteiger partial charge in [0.05, 0.1) is 12.3 Å². The standard InChI is InChI=1S/C26H33N5O2S/c1-3-10-31(33-4-2)26(32)22-11-21-9-8-20(13-24(21)29-25(28)14-22)19-6-5-7-23(12-19)34-30-16-18(15-27)17-30/h5-9,11-13,18H,3-4,10,14-17,27H2,1-2H3,(H2,28,29). The van der Waals surface area contributed by atoms with E-state index in [2.05, 4.69) is 39.6 Å². The summed E-state index contributed by atoms with van der Waals surface area (Å²) in [6.45, 7) is 7.67. The predicted molar refractivity (Wildman–Crippen MR) is 139 cm³/mol. The Balaban J connectivity index is 1.57. The Morgan fingerprint density at radius 3 is 2.74 bits per heavy atom. The summed E-state index contributed by atoms with van der Waals surface area (Å²) in [6, 6.07) is 14.6. The molecular weight excluding hydrogens is 446 g/mol. The van der Waals surface area contributed by atoms with Crippen LogP contribution in [-0.4, -0.2) is 53.9 Å². The van der Waals surface area contributed by atoms with Crippen molar-refractivity contribution in [2.24, 2.45) is 22.4 Å². The van der Waals surface area contributed by atoms with Gasteiger partial charge in [0.15, 0.2) is 0 Å². The van der Waals surface area contributed by atoms with Crippen molar-refractivity contribution in [3.8, 4) is 11.1 Å². The van der Waals surface area contributed by atoms with E-state index in [4.69, 9.17) is 16.3 Å². The summed E-state index contributed by atoms with van der Waals surface area (Å²) in [4.78, 5) is 24.5. The second-order valence-electron chi connectivity index (χ2n) is 8.62. The highest BCUT2D eigenvalue weighted by Gasteiger charge is 2.26. The molecular formula is C26H33N5O2S. The zero-order chi connectivity index (χ0) is 24.1. The molecule has 4 rings (SSSR count). The number of hydroxylamine groups is 2. The van der Waals surface area contributed by atoms with Gasteiger partial charge < -0.3 is 11.5 Å². The van der Waals surface area contributed by atoms with Crippen molar-refractivity contribution in [3.63, 3.8) is 0 Å². The summed E-state index contributed by atoms with van der Waals surface area (Å²) in [5, 5.41) is 1.43. The summed E-state index contributed by atoms with van der Waals surface area (Å²) in [7, 11) is 0. The van der Waals surface area contributed by atoms with Gasteiger partial charge in [-0.3, -0.25) is 9.63 Å². The number of hydrogen-bond acceptors (Lipinski definition) is 7. The minimum atomic E-state index is -0.161. The fourth-order valence-corrected chi connectivity index (χ4v) is 5.27. The first-order chi connectivity index (χ1) is 16.5. The van der Waals surface area contributed by atoms with Crippen LogP contribution in [0, 0.1) is 5.92 Å². The number of benzene rings is 2. The molecule has 0 saturated carbocycles. The molecule has 4 N–H and O–H groups in total. The third-order valence-electron chi connectivity index (χ3n) is 5.87. The molecule has 0 radical (unpaired) electrons. The maximum Gasteiger partial charge on any atom is 0.273 e. The van der Waals surface area contributed by atoms with Gasteiger partial charge in [-0.15, -0.1) is 0 Å². The minimum Gasteiger partial charge on any atom is -0.387 e. The number of aliphatic imine (C=N–C) groups is 1. The molecule has 0 aliphatic carbocycles. The molecule has 2 aliphatic rings. The molecule has 7 nitrogen and oxygen atoms in total. The summed E-state index contributed by atoms with van der Waals surface area (Å²) in [5.41, 5.74) is 16.4. The molecule has 0 aromatic heterocycles. The summed E-state index contributed by atoms with van der Waals surface area (Å²) < 4.78 is 2.34. The van der Waals surface area contributed by atoms with Crippen LogP contribution in [0.1, 0.15) is 32.3 Å². The van der Waals surface area contributed by atoms with Gasteiger partial charge in [-0.05, 0) is 73.2 Å². The van der Waals surface area contributed by atoms with E-state index in [1.54, 1.807) is 11.9 Å². The van der Waals surface area contributed by atoms with Crippen LogP contribution in [0.2, 0.25) is 0 Å². The Hall–Kier alpha value is -2.65. The van der Waals surface area contributed by atoms with E-state index >= 15 is 0 Å². The zero-order valence-electron chi connectivity index (χ0n) is 19.9. The fourth-order valence-electron chi connectivity index (χ4n) is 4.08. The molecule has 1 amide bonds. The number of nitrogens with two attached hydrogens (primary N) is 2. The van der Waals surface area contributed by atoms with E-state index in [9.17, 15) is 4.79 Å². The summed E-state index contributed by atoms with van der Waals surface area (Å²) in [5.74, 6) is 0.863. The van der Waals surface area contributed by atoms with Crippen molar-refractivity contribution >= 4 is 35.5 Å². The van der Waals surface area contributed by atoms with E-state index in [1.807, 2.05) is 32.1 Å². The van der Waals surface area contributed by atoms with Crippen LogP contribution in [0.3, 0.4) is 0 Å². The van der Waals surface area contributed by atoms with Crippen LogP contribution >= 0.6 is 11.9 Å². The molecule has 8 heteroatoms. The molecule has 0 unspecified atom stereocenters. The van der Waals surface area contributed by atoms with E-state index < -0.39 is 0 Å². The van der Waals surface area contributed by atoms with Gasteiger partial charge in [-0.1, -0.05) is 31.2 Å². The van der Waals surface area contributed by atoms with Crippen molar-refractivity contribution in [1.29, 1.82) is 0 Å². The lowest BCUT2D eigenvalue weighted by molar-refractivity contribution is -0.180. The third kappa shape index (κ3) is 5.70. The molecule has 1 fully saturated rings. The number of carbonyl (C=O) groups is 1. The maximum atomic E-state index is 13.1. The number of fused-ring (bicyclic) bond motifs is 1. The van der Waals surface area contributed by atoms with Crippen LogP contribution in [0.4, 0.5) is 5.69 Å². The molecule has 0 spiro atoms. The molecule has 1 saturated heterocycles. The van der Waals surface area contributed by atoms with Gasteiger partial charge in [-0.25, -0.2) is 14.4 Å². The van der Waals surface area contributed by atoms with Crippen LogP contribution in [-0.2, 0) is 9.63 Å². The zero-order valence-corrected chi connectivity index (χ0v) is 20.7. The van der Waals surface area contributed by atoms with Crippen LogP contribution < -0.4 is 11.5 Å². The van der Waals surface area contributed by atoms with Crippen molar-refractivity contribution in [1.82, 2.24) is 9.37 Å². The lowest BCUT2D eigenvalue weighted by Gasteiger charge is -2.37. The summed E-state index contributed by atoms with van der Waals surface area (Å²) in [6.07, 6.45) is 2.99. The number of carbonyl (C=O) groups excluding carboxylic acids is 1. The molecule has 2 aromatic carbocycles. The first-order valence-corrected chi connectivity index (χ1v) is 12.6. The van der Waals surface area contributed by atoms with Gasteiger partial charge in [0.2, 0.25) is 0 Å². The van der Waals surface area contributed by atoms with Gasteiger partial charge >= 0.3 is 0 Å². The quantitative estimate of drug-likeness (QED) is 0.413. The predicted octanol–water partition coefficient (Wildman–Crippen LogP) is 4.22. The lowest BCUT2D eigenvalue weighted by atomic mass is 10.0. The Morgan fingerprint density at radius 1 is 1.21 bits per heavy atom. The third-order valence-corrected chi connectivity index (χ3v) is 6.89. The molecule has 0 bridgehead atoms. The molecule has 2 aromatic rings. The topological polar surface area (TPSA) is 97.2 Å². The van der Waals surface area contributed by atoms with Gasteiger partial charge in [0, 0.05) is 42.1 Å². The van der Waals surface area contributed by atoms with Crippen molar-refractivity contribution < 1.29 is 9.63 Å². The molecule has 34 heavy (non-hydrogen) atoms. The normalized spacial score (nSPS) is 16.2. The second kappa shape index (κ2) is 11.2. The number of hydrogen-bond donors (Lipinski definition) is 2. The Morgan fingerprint density at radius 2 is 2.00 bits per heavy atom. The highest BCUT2D eigenvalue weighted by atomic mass is 32.2. The average Bonchev–Trinajstić information content (AvgIpc) is 2.98. The molecule has 2 aliphatic heterocycles. The first-order valence-electron chi connectivity index (χ1n) is 11.9. The molecule has 180 valence electrons. The second-order valence-corrected chi connectivity index (χ2v) is 9.79. The smallest absolute Gasteiger partial charge is 0.273 e. The van der Waals surface area contributed by atoms with Gasteiger partial charge in [0.25, 0.3) is 5.91 Å².